The highest BCUT2D eigenvalue weighted by Gasteiger charge is 2.25. The number of carbonyl (C=O) groups is 2. The van der Waals surface area contributed by atoms with Crippen LogP contribution in [-0.2, 0) is 19.1 Å². The summed E-state index contributed by atoms with van der Waals surface area (Å²) in [5.74, 6) is -0.370. The molecule has 288 valence electrons. The number of allylic oxidation sites excluding steroid dienone is 4. The topological polar surface area (TPSA) is 98.8 Å². The Morgan fingerprint density at radius 3 is 1.12 bits per heavy atom. The molecule has 0 aliphatic carbocycles. The molecule has 49 heavy (non-hydrogen) atoms. The van der Waals surface area contributed by atoms with Crippen LogP contribution in [0.5, 0.6) is 0 Å². The van der Waals surface area contributed by atoms with Crippen molar-refractivity contribution in [1.82, 2.24) is 0 Å². The standard InChI is InChI=1S/C43H81NO5/c1-3-5-7-9-11-13-15-17-19-21-23-25-27-29-31-33-41(46)48-39-36-43(44,35-38-45)37-40-49-42(47)34-32-30-28-26-24-22-20-18-16-14-12-10-8-6-4-2/h17-20,45H,3-16,21-40,44H2,1-2H3. The van der Waals surface area contributed by atoms with Crippen molar-refractivity contribution in [2.45, 2.75) is 218 Å². The second-order valence-electron chi connectivity index (χ2n) is 14.4. The van der Waals surface area contributed by atoms with Gasteiger partial charge in [0.15, 0.2) is 0 Å². The van der Waals surface area contributed by atoms with E-state index in [9.17, 15) is 14.7 Å². The summed E-state index contributed by atoms with van der Waals surface area (Å²) in [6, 6.07) is 0. The number of carbonyl (C=O) groups excluding carboxylic acids is 2. The number of hydrogen-bond donors (Lipinski definition) is 2. The molecule has 0 rings (SSSR count). The van der Waals surface area contributed by atoms with Crippen molar-refractivity contribution in [3.63, 3.8) is 0 Å². The van der Waals surface area contributed by atoms with Gasteiger partial charge in [0.1, 0.15) is 0 Å². The van der Waals surface area contributed by atoms with Gasteiger partial charge in [0.05, 0.1) is 13.2 Å². The highest BCUT2D eigenvalue weighted by molar-refractivity contribution is 5.69. The van der Waals surface area contributed by atoms with Gasteiger partial charge in [0.2, 0.25) is 0 Å². The number of nitrogens with two attached hydrogens (primary N) is 1. The van der Waals surface area contributed by atoms with E-state index in [0.717, 1.165) is 51.4 Å². The fourth-order valence-corrected chi connectivity index (χ4v) is 6.16. The van der Waals surface area contributed by atoms with Gasteiger partial charge in [-0.3, -0.25) is 9.59 Å². The number of aliphatic hydroxyl groups is 1. The normalized spacial score (nSPS) is 13.0. The summed E-state index contributed by atoms with van der Waals surface area (Å²) in [7, 11) is 0. The van der Waals surface area contributed by atoms with Crippen LogP contribution in [0.2, 0.25) is 0 Å². The summed E-state index contributed by atoms with van der Waals surface area (Å²) in [4.78, 5) is 24.4. The van der Waals surface area contributed by atoms with Gasteiger partial charge in [-0.15, -0.1) is 0 Å². The predicted octanol–water partition coefficient (Wildman–Crippen LogP) is 12.0. The van der Waals surface area contributed by atoms with Gasteiger partial charge < -0.3 is 20.3 Å². The first-order valence-corrected chi connectivity index (χ1v) is 21.0. The highest BCUT2D eigenvalue weighted by atomic mass is 16.5. The van der Waals surface area contributed by atoms with Crippen LogP contribution < -0.4 is 5.73 Å². The van der Waals surface area contributed by atoms with E-state index in [1.165, 1.54) is 116 Å². The molecule has 0 saturated carbocycles. The smallest absolute Gasteiger partial charge is 0.305 e. The van der Waals surface area contributed by atoms with Crippen LogP contribution in [-0.4, -0.2) is 42.4 Å². The number of hydrogen-bond acceptors (Lipinski definition) is 6. The largest absolute Gasteiger partial charge is 0.466 e. The Morgan fingerprint density at radius 2 is 0.796 bits per heavy atom. The van der Waals surface area contributed by atoms with Crippen LogP contribution in [0, 0.1) is 0 Å². The van der Waals surface area contributed by atoms with E-state index in [4.69, 9.17) is 15.2 Å². The summed E-state index contributed by atoms with van der Waals surface area (Å²) >= 11 is 0. The third kappa shape index (κ3) is 36.0. The van der Waals surface area contributed by atoms with Crippen LogP contribution in [0.1, 0.15) is 213 Å². The van der Waals surface area contributed by atoms with Gasteiger partial charge >= 0.3 is 11.9 Å². The molecule has 0 bridgehead atoms. The zero-order valence-corrected chi connectivity index (χ0v) is 32.5. The molecule has 0 spiro atoms. The van der Waals surface area contributed by atoms with Crippen LogP contribution >= 0.6 is 0 Å². The van der Waals surface area contributed by atoms with Gasteiger partial charge in [0.25, 0.3) is 0 Å². The first kappa shape index (κ1) is 47.3. The lowest BCUT2D eigenvalue weighted by Crippen LogP contribution is -2.43. The predicted molar refractivity (Wildman–Crippen MR) is 209 cm³/mol. The van der Waals surface area contributed by atoms with Crippen molar-refractivity contribution < 1.29 is 24.2 Å². The third-order valence-corrected chi connectivity index (χ3v) is 9.62. The second-order valence-corrected chi connectivity index (χ2v) is 14.4. The van der Waals surface area contributed by atoms with Gasteiger partial charge in [-0.25, -0.2) is 0 Å². The van der Waals surface area contributed by atoms with Crippen molar-refractivity contribution in [2.75, 3.05) is 19.8 Å². The summed E-state index contributed by atoms with van der Waals surface area (Å²) in [6.45, 7) is 4.92. The number of ether oxygens (including phenoxy) is 2. The maximum Gasteiger partial charge on any atom is 0.305 e. The summed E-state index contributed by atoms with van der Waals surface area (Å²) in [5, 5.41) is 9.52. The van der Waals surface area contributed by atoms with Crippen molar-refractivity contribution in [3.8, 4) is 0 Å². The van der Waals surface area contributed by atoms with Gasteiger partial charge in [-0.05, 0) is 83.5 Å². The lowest BCUT2D eigenvalue weighted by molar-refractivity contribution is -0.144. The maximum atomic E-state index is 12.2. The van der Waals surface area contributed by atoms with Crippen LogP contribution in [0.25, 0.3) is 0 Å². The molecule has 6 heteroatoms. The summed E-state index contributed by atoms with van der Waals surface area (Å²) < 4.78 is 10.9. The van der Waals surface area contributed by atoms with Gasteiger partial charge in [-0.2, -0.15) is 0 Å². The minimum absolute atomic E-state index is 0.0533. The second kappa shape index (κ2) is 37.6. The van der Waals surface area contributed by atoms with E-state index >= 15 is 0 Å². The van der Waals surface area contributed by atoms with E-state index in [1.807, 2.05) is 0 Å². The minimum atomic E-state index is -0.721. The van der Waals surface area contributed by atoms with Crippen LogP contribution in [0.3, 0.4) is 0 Å². The zero-order valence-electron chi connectivity index (χ0n) is 32.5. The Hall–Kier alpha value is -1.66. The average molecular weight is 692 g/mol. The molecule has 0 unspecified atom stereocenters. The quantitative estimate of drug-likeness (QED) is 0.0380. The van der Waals surface area contributed by atoms with E-state index in [2.05, 4.69) is 38.2 Å². The van der Waals surface area contributed by atoms with Crippen LogP contribution in [0.15, 0.2) is 24.3 Å². The summed E-state index contributed by atoms with van der Waals surface area (Å²) in [5.41, 5.74) is 5.78. The Morgan fingerprint density at radius 1 is 0.490 bits per heavy atom. The maximum absolute atomic E-state index is 12.2. The van der Waals surface area contributed by atoms with Crippen molar-refractivity contribution in [2.24, 2.45) is 5.73 Å². The first-order chi connectivity index (χ1) is 24.0. The number of rotatable bonds is 38. The van der Waals surface area contributed by atoms with Crippen molar-refractivity contribution in [3.05, 3.63) is 24.3 Å². The molecule has 0 aliphatic rings. The highest BCUT2D eigenvalue weighted by Crippen LogP contribution is 2.18. The van der Waals surface area contributed by atoms with E-state index < -0.39 is 5.54 Å². The first-order valence-electron chi connectivity index (χ1n) is 21.0. The van der Waals surface area contributed by atoms with Gasteiger partial charge in [-0.1, -0.05) is 141 Å². The minimum Gasteiger partial charge on any atom is -0.466 e. The van der Waals surface area contributed by atoms with Crippen molar-refractivity contribution in [1.29, 1.82) is 0 Å². The van der Waals surface area contributed by atoms with Gasteiger partial charge in [0, 0.05) is 25.0 Å². The molecule has 6 nitrogen and oxygen atoms in total. The molecule has 3 N–H and O–H groups in total. The molecule has 0 aromatic rings. The molecule has 0 aromatic heterocycles. The van der Waals surface area contributed by atoms with E-state index in [1.54, 1.807) is 0 Å². The average Bonchev–Trinajstić information content (AvgIpc) is 3.08. The van der Waals surface area contributed by atoms with E-state index in [0.29, 0.717) is 32.1 Å². The lowest BCUT2D eigenvalue weighted by Gasteiger charge is -2.28. The Balaban J connectivity index is 3.75. The molecule has 0 aromatic carbocycles. The van der Waals surface area contributed by atoms with E-state index in [-0.39, 0.29) is 31.8 Å². The fourth-order valence-electron chi connectivity index (χ4n) is 6.16. The van der Waals surface area contributed by atoms with Crippen molar-refractivity contribution >= 4 is 11.9 Å². The Kier molecular flexibility index (Phi) is 36.3. The summed E-state index contributed by atoms with van der Waals surface area (Å²) in [6.07, 6.45) is 43.4. The number of aliphatic hydroxyl groups excluding tert-OH is 1. The fraction of sp³-hybridized carbons (Fsp3) is 0.860. The molecule has 0 aliphatic heterocycles. The lowest BCUT2D eigenvalue weighted by atomic mass is 9.90. The molecule has 0 atom stereocenters. The molecule has 0 fully saturated rings. The number of unbranched alkanes of at least 4 members (excludes halogenated alkanes) is 22. The number of esters is 2. The molecule has 0 saturated heterocycles. The Labute approximate surface area is 303 Å². The molecular weight excluding hydrogens is 610 g/mol. The SMILES string of the molecule is CCCCCCCCC=CCCCCCCCC(=O)OCCC(N)(CCO)CCOC(=O)CCCCCCCC=CCCCCCCCC. The third-order valence-electron chi connectivity index (χ3n) is 9.62. The molecule has 0 amide bonds. The molecule has 0 radical (unpaired) electrons. The molecule has 0 heterocycles. The van der Waals surface area contributed by atoms with Crippen LogP contribution in [0.4, 0.5) is 0 Å². The Bertz CT molecular complexity index is 722. The molecular formula is C43H81NO5. The zero-order chi connectivity index (χ0) is 35.9. The monoisotopic (exact) mass is 692 g/mol.